The summed E-state index contributed by atoms with van der Waals surface area (Å²) >= 11 is 0. The number of likely N-dealkylation sites (tertiary alicyclic amines) is 1. The first-order valence-electron chi connectivity index (χ1n) is 5.88. The van der Waals surface area contributed by atoms with Crippen molar-refractivity contribution in [3.63, 3.8) is 0 Å². The van der Waals surface area contributed by atoms with Gasteiger partial charge in [-0.3, -0.25) is 9.69 Å². The van der Waals surface area contributed by atoms with Gasteiger partial charge in [-0.1, -0.05) is 0 Å². The topological polar surface area (TPSA) is 81.0 Å². The molecule has 0 amide bonds. The molecule has 1 aliphatic heterocycles. The lowest BCUT2D eigenvalue weighted by Gasteiger charge is -2.26. The summed E-state index contributed by atoms with van der Waals surface area (Å²) in [5, 5.41) is 26.9. The number of aliphatic hydroxyl groups is 2. The molecule has 2 unspecified atom stereocenters. The number of nitrogens with zero attached hydrogens (tertiary/aromatic N) is 1. The SMILES string of the molecule is O=C(O)CC(O)CN1CCCC1CCCO. The Morgan fingerprint density at radius 3 is 2.88 bits per heavy atom. The van der Waals surface area contributed by atoms with Crippen molar-refractivity contribution in [2.75, 3.05) is 19.7 Å². The van der Waals surface area contributed by atoms with Crippen molar-refractivity contribution in [2.24, 2.45) is 0 Å². The molecule has 5 nitrogen and oxygen atoms in total. The summed E-state index contributed by atoms with van der Waals surface area (Å²) in [6.45, 7) is 1.55. The Labute approximate surface area is 95.7 Å². The van der Waals surface area contributed by atoms with Crippen LogP contribution in [0, 0.1) is 0 Å². The second-order valence-electron chi connectivity index (χ2n) is 4.41. The van der Waals surface area contributed by atoms with E-state index in [4.69, 9.17) is 10.2 Å². The van der Waals surface area contributed by atoms with Crippen molar-refractivity contribution in [1.29, 1.82) is 0 Å². The van der Waals surface area contributed by atoms with E-state index in [1.54, 1.807) is 0 Å². The molecule has 0 aromatic rings. The highest BCUT2D eigenvalue weighted by atomic mass is 16.4. The lowest BCUT2D eigenvalue weighted by Crippen LogP contribution is -2.37. The summed E-state index contributed by atoms with van der Waals surface area (Å²) in [7, 11) is 0. The van der Waals surface area contributed by atoms with Crippen molar-refractivity contribution in [3.8, 4) is 0 Å². The third-order valence-electron chi connectivity index (χ3n) is 3.05. The molecule has 0 bridgehead atoms. The van der Waals surface area contributed by atoms with Gasteiger partial charge in [-0.25, -0.2) is 0 Å². The number of aliphatic hydroxyl groups excluding tert-OH is 2. The molecule has 1 heterocycles. The second-order valence-corrected chi connectivity index (χ2v) is 4.41. The van der Waals surface area contributed by atoms with Gasteiger partial charge >= 0.3 is 5.97 Å². The molecule has 16 heavy (non-hydrogen) atoms. The normalized spacial score (nSPS) is 23.5. The Bertz CT molecular complexity index is 222. The molecule has 5 heteroatoms. The van der Waals surface area contributed by atoms with E-state index in [1.807, 2.05) is 0 Å². The van der Waals surface area contributed by atoms with Crippen LogP contribution < -0.4 is 0 Å². The van der Waals surface area contributed by atoms with Crippen LogP contribution >= 0.6 is 0 Å². The lowest BCUT2D eigenvalue weighted by atomic mass is 10.1. The van der Waals surface area contributed by atoms with Gasteiger partial charge in [-0.15, -0.1) is 0 Å². The first-order chi connectivity index (χ1) is 7.63. The van der Waals surface area contributed by atoms with Crippen LogP contribution in [-0.2, 0) is 4.79 Å². The summed E-state index contributed by atoms with van der Waals surface area (Å²) in [6, 6.07) is 0.399. The van der Waals surface area contributed by atoms with Crippen LogP contribution in [-0.4, -0.2) is 58.0 Å². The minimum Gasteiger partial charge on any atom is -0.481 e. The zero-order valence-electron chi connectivity index (χ0n) is 9.51. The maximum absolute atomic E-state index is 10.4. The molecule has 0 aromatic carbocycles. The molecule has 1 saturated heterocycles. The fourth-order valence-electron chi connectivity index (χ4n) is 2.33. The monoisotopic (exact) mass is 231 g/mol. The molecule has 3 N–H and O–H groups in total. The minimum atomic E-state index is -0.960. The standard InChI is InChI=1S/C11H21NO4/c13-6-2-4-9-3-1-5-12(9)8-10(14)7-11(15)16/h9-10,13-14H,1-8H2,(H,15,16). The van der Waals surface area contributed by atoms with Gasteiger partial charge in [0.15, 0.2) is 0 Å². The first-order valence-corrected chi connectivity index (χ1v) is 5.88. The van der Waals surface area contributed by atoms with Gasteiger partial charge < -0.3 is 15.3 Å². The molecular formula is C11H21NO4. The van der Waals surface area contributed by atoms with Gasteiger partial charge in [0.2, 0.25) is 0 Å². The average molecular weight is 231 g/mol. The fraction of sp³-hybridized carbons (Fsp3) is 0.909. The summed E-state index contributed by atoms with van der Waals surface area (Å²) in [5.41, 5.74) is 0. The fourth-order valence-corrected chi connectivity index (χ4v) is 2.33. The molecule has 0 radical (unpaired) electrons. The molecule has 94 valence electrons. The van der Waals surface area contributed by atoms with Crippen LogP contribution in [0.3, 0.4) is 0 Å². The molecule has 1 aliphatic rings. The van der Waals surface area contributed by atoms with Crippen LogP contribution in [0.25, 0.3) is 0 Å². The first kappa shape index (κ1) is 13.4. The molecule has 0 spiro atoms. The predicted octanol–water partition coefficient (Wildman–Crippen LogP) is 0.0589. The van der Waals surface area contributed by atoms with E-state index in [-0.39, 0.29) is 13.0 Å². The second kappa shape index (κ2) is 6.83. The molecule has 2 atom stereocenters. The summed E-state index contributed by atoms with van der Waals surface area (Å²) in [6.07, 6.45) is 2.90. The van der Waals surface area contributed by atoms with Gasteiger partial charge in [0.25, 0.3) is 0 Å². The van der Waals surface area contributed by atoms with Gasteiger partial charge in [0.1, 0.15) is 0 Å². The zero-order valence-corrected chi connectivity index (χ0v) is 9.51. The molecule has 0 aliphatic carbocycles. The smallest absolute Gasteiger partial charge is 0.306 e. The third-order valence-corrected chi connectivity index (χ3v) is 3.05. The third kappa shape index (κ3) is 4.47. The number of hydrogen-bond donors (Lipinski definition) is 3. The van der Waals surface area contributed by atoms with Gasteiger partial charge in [-0.05, 0) is 32.2 Å². The molecule has 1 fully saturated rings. The van der Waals surface area contributed by atoms with E-state index in [1.165, 1.54) is 0 Å². The van der Waals surface area contributed by atoms with Crippen molar-refractivity contribution >= 4 is 5.97 Å². The predicted molar refractivity (Wildman–Crippen MR) is 59.2 cm³/mol. The van der Waals surface area contributed by atoms with Crippen LogP contribution in [0.1, 0.15) is 32.1 Å². The van der Waals surface area contributed by atoms with Crippen molar-refractivity contribution in [1.82, 2.24) is 4.90 Å². The summed E-state index contributed by atoms with van der Waals surface area (Å²) in [5.74, 6) is -0.960. The Morgan fingerprint density at radius 2 is 2.25 bits per heavy atom. The minimum absolute atomic E-state index is 0.191. The molecular weight excluding hydrogens is 210 g/mol. The van der Waals surface area contributed by atoms with Crippen LogP contribution in [0.5, 0.6) is 0 Å². The van der Waals surface area contributed by atoms with E-state index in [0.717, 1.165) is 32.2 Å². The van der Waals surface area contributed by atoms with Crippen molar-refractivity contribution < 1.29 is 20.1 Å². The summed E-state index contributed by atoms with van der Waals surface area (Å²) in [4.78, 5) is 12.6. The number of rotatable bonds is 7. The quantitative estimate of drug-likeness (QED) is 0.577. The largest absolute Gasteiger partial charge is 0.481 e. The highest BCUT2D eigenvalue weighted by Crippen LogP contribution is 2.21. The van der Waals surface area contributed by atoms with Crippen molar-refractivity contribution in [3.05, 3.63) is 0 Å². The number of aliphatic carboxylic acids is 1. The van der Waals surface area contributed by atoms with E-state index in [0.29, 0.717) is 12.6 Å². The highest BCUT2D eigenvalue weighted by Gasteiger charge is 2.26. The van der Waals surface area contributed by atoms with Gasteiger partial charge in [0.05, 0.1) is 12.5 Å². The Balaban J connectivity index is 2.31. The number of carboxylic acids is 1. The molecule has 1 rings (SSSR count). The van der Waals surface area contributed by atoms with Crippen LogP contribution in [0.4, 0.5) is 0 Å². The summed E-state index contributed by atoms with van der Waals surface area (Å²) < 4.78 is 0. The number of β-amino-alcohol motifs (C(OH)–C–C–N with tert-alkyl or cyclic N) is 1. The van der Waals surface area contributed by atoms with E-state index in [9.17, 15) is 9.90 Å². The lowest BCUT2D eigenvalue weighted by molar-refractivity contribution is -0.139. The average Bonchev–Trinajstić information content (AvgIpc) is 2.61. The highest BCUT2D eigenvalue weighted by molar-refractivity contribution is 5.67. The maximum atomic E-state index is 10.4. The molecule has 0 aromatic heterocycles. The van der Waals surface area contributed by atoms with Crippen LogP contribution in [0.2, 0.25) is 0 Å². The number of carbonyl (C=O) groups is 1. The zero-order chi connectivity index (χ0) is 12.0. The van der Waals surface area contributed by atoms with Gasteiger partial charge in [-0.2, -0.15) is 0 Å². The van der Waals surface area contributed by atoms with E-state index >= 15 is 0 Å². The Hall–Kier alpha value is -0.650. The molecule has 0 saturated carbocycles. The van der Waals surface area contributed by atoms with E-state index < -0.39 is 12.1 Å². The number of carboxylic acid groups (broad SMARTS) is 1. The van der Waals surface area contributed by atoms with Crippen molar-refractivity contribution in [2.45, 2.75) is 44.2 Å². The Kier molecular flexibility index (Phi) is 5.73. The van der Waals surface area contributed by atoms with Gasteiger partial charge in [0, 0.05) is 19.2 Å². The number of hydrogen-bond acceptors (Lipinski definition) is 4. The van der Waals surface area contributed by atoms with Crippen LogP contribution in [0.15, 0.2) is 0 Å². The Morgan fingerprint density at radius 1 is 1.50 bits per heavy atom. The van der Waals surface area contributed by atoms with E-state index in [2.05, 4.69) is 4.90 Å². The maximum Gasteiger partial charge on any atom is 0.306 e.